The van der Waals surface area contributed by atoms with Crippen molar-refractivity contribution in [2.75, 3.05) is 65.7 Å². The van der Waals surface area contributed by atoms with Gasteiger partial charge in [0.25, 0.3) is 0 Å². The van der Waals surface area contributed by atoms with E-state index in [2.05, 4.69) is 10.2 Å². The van der Waals surface area contributed by atoms with Crippen LogP contribution >= 0.6 is 21.6 Å². The van der Waals surface area contributed by atoms with Gasteiger partial charge in [-0.1, -0.05) is 33.7 Å². The van der Waals surface area contributed by atoms with Gasteiger partial charge in [0.15, 0.2) is 30.4 Å². The Labute approximate surface area is 349 Å². The highest BCUT2D eigenvalue weighted by Crippen LogP contribution is 2.53. The summed E-state index contributed by atoms with van der Waals surface area (Å²) in [6.45, 7) is 4.63. The molecule has 3 heterocycles. The van der Waals surface area contributed by atoms with Gasteiger partial charge in [0, 0.05) is 61.4 Å². The first-order chi connectivity index (χ1) is 28.3. The Morgan fingerprint density at radius 1 is 1.07 bits per heavy atom. The van der Waals surface area contributed by atoms with Crippen LogP contribution in [0.25, 0.3) is 0 Å². The molecule has 0 radical (unpaired) electrons. The Morgan fingerprint density at radius 2 is 1.85 bits per heavy atom. The lowest BCUT2D eigenvalue weighted by Gasteiger charge is -2.43. The van der Waals surface area contributed by atoms with Crippen molar-refractivity contribution in [2.45, 2.75) is 88.0 Å². The molecule has 9 atom stereocenters. The number of phenolic OH excluding ortho intramolecular Hbond substituents is 2. The molecular weight excluding hydrogens is 813 g/mol. The summed E-state index contributed by atoms with van der Waals surface area (Å²) >= 11 is 0. The van der Waals surface area contributed by atoms with Crippen molar-refractivity contribution in [1.82, 2.24) is 10.2 Å². The van der Waals surface area contributed by atoms with Crippen LogP contribution in [0.3, 0.4) is 0 Å². The Hall–Kier alpha value is -3.34. The van der Waals surface area contributed by atoms with Crippen molar-refractivity contribution < 1.29 is 72.4 Å². The number of hydrogen-bond acceptors (Lipinski definition) is 18. The molecule has 2 aromatic rings. The van der Waals surface area contributed by atoms with E-state index in [0.29, 0.717) is 19.8 Å². The number of phenols is 2. The number of ketones is 3. The normalized spacial score (nSPS) is 29.2. The molecule has 7 rings (SSSR count). The van der Waals surface area contributed by atoms with E-state index in [9.17, 15) is 34.5 Å². The average Bonchev–Trinajstić information content (AvgIpc) is 3.61. The number of ether oxygens (including phenoxy) is 8. The van der Waals surface area contributed by atoms with Crippen LogP contribution < -0.4 is 10.1 Å². The van der Waals surface area contributed by atoms with Crippen LogP contribution in [-0.4, -0.2) is 158 Å². The van der Waals surface area contributed by atoms with Crippen LogP contribution in [0.4, 0.5) is 0 Å². The lowest BCUT2D eigenvalue weighted by Crippen LogP contribution is -2.55. The van der Waals surface area contributed by atoms with Crippen LogP contribution in [0.5, 0.6) is 17.2 Å². The van der Waals surface area contributed by atoms with E-state index in [-0.39, 0.29) is 59.8 Å². The van der Waals surface area contributed by atoms with E-state index in [1.807, 2.05) is 13.2 Å². The zero-order valence-electron chi connectivity index (χ0n) is 33.4. The van der Waals surface area contributed by atoms with Gasteiger partial charge in [-0.2, -0.15) is 0 Å². The highest BCUT2D eigenvalue weighted by Gasteiger charge is 2.55. The molecule has 5 aliphatic rings. The maximum atomic E-state index is 14.1. The van der Waals surface area contributed by atoms with Crippen LogP contribution in [0.2, 0.25) is 0 Å². The van der Waals surface area contributed by atoms with Gasteiger partial charge in [-0.15, -0.1) is 0 Å². The van der Waals surface area contributed by atoms with Crippen molar-refractivity contribution in [2.24, 2.45) is 0 Å². The number of nitrogens with one attached hydrogen (secondary N) is 1. The van der Waals surface area contributed by atoms with Crippen LogP contribution in [-0.2, 0) is 49.2 Å². The molecule has 4 N–H and O–H groups in total. The van der Waals surface area contributed by atoms with Crippen LogP contribution in [0.15, 0.2) is 18.2 Å². The third kappa shape index (κ3) is 8.36. The zero-order chi connectivity index (χ0) is 42.2. The average molecular weight is 863 g/mol. The molecule has 2 aromatic carbocycles. The number of morpholine rings is 1. The Balaban J connectivity index is 1.16. The molecule has 322 valence electrons. The first-order valence-corrected chi connectivity index (χ1v) is 22.2. The molecule has 3 saturated heterocycles. The fourth-order valence-corrected chi connectivity index (χ4v) is 9.71. The molecule has 2 aliphatic carbocycles. The number of methoxy groups -OCH3 is 2. The lowest BCUT2D eigenvalue weighted by molar-refractivity contribution is -0.256. The second kappa shape index (κ2) is 18.3. The van der Waals surface area contributed by atoms with Gasteiger partial charge < -0.3 is 58.5 Å². The molecule has 19 heteroatoms. The fraction of sp³-hybridized carbons (Fsp3) is 0.600. The number of aliphatic hydroxyl groups is 1. The summed E-state index contributed by atoms with van der Waals surface area (Å²) in [4.78, 5) is 57.2. The predicted molar refractivity (Wildman–Crippen MR) is 212 cm³/mol. The number of carbonyl (C=O) groups excluding carboxylic acids is 4. The molecule has 59 heavy (non-hydrogen) atoms. The molecular formula is C40H50N2O15S2. The number of Topliss-reactive ketones (excluding diaryl/α,β-unsaturated/α-hetero) is 1. The number of amides is 1. The summed E-state index contributed by atoms with van der Waals surface area (Å²) in [6, 6.07) is 4.22. The van der Waals surface area contributed by atoms with Crippen molar-refractivity contribution in [1.29, 1.82) is 0 Å². The lowest BCUT2D eigenvalue weighted by atomic mass is 9.71. The summed E-state index contributed by atoms with van der Waals surface area (Å²) < 4.78 is 46.9. The third-order valence-electron chi connectivity index (χ3n) is 11.5. The molecule has 1 amide bonds. The van der Waals surface area contributed by atoms with Crippen molar-refractivity contribution >= 4 is 44.8 Å². The van der Waals surface area contributed by atoms with Gasteiger partial charge in [0.2, 0.25) is 11.7 Å². The minimum atomic E-state index is -2.29. The zero-order valence-corrected chi connectivity index (χ0v) is 35.1. The van der Waals surface area contributed by atoms with Crippen molar-refractivity contribution in [3.63, 3.8) is 0 Å². The van der Waals surface area contributed by atoms with Gasteiger partial charge in [0.1, 0.15) is 35.1 Å². The van der Waals surface area contributed by atoms with Crippen molar-refractivity contribution in [3.05, 3.63) is 51.6 Å². The molecule has 3 fully saturated rings. The van der Waals surface area contributed by atoms with Crippen LogP contribution in [0.1, 0.15) is 75.8 Å². The van der Waals surface area contributed by atoms with Gasteiger partial charge in [-0.05, 0) is 26.2 Å². The smallest absolute Gasteiger partial charge is 0.249 e. The summed E-state index contributed by atoms with van der Waals surface area (Å²) in [5.41, 5.74) is -3.61. The minimum absolute atomic E-state index is 0.0540. The molecule has 0 saturated carbocycles. The van der Waals surface area contributed by atoms with Gasteiger partial charge >= 0.3 is 0 Å². The highest BCUT2D eigenvalue weighted by atomic mass is 33.1. The number of rotatable bonds is 16. The Kier molecular flexibility index (Phi) is 13.6. The van der Waals surface area contributed by atoms with Crippen LogP contribution in [0, 0.1) is 0 Å². The Morgan fingerprint density at radius 3 is 2.59 bits per heavy atom. The maximum Gasteiger partial charge on any atom is 0.249 e. The maximum absolute atomic E-state index is 14.1. The van der Waals surface area contributed by atoms with E-state index in [1.165, 1.54) is 39.3 Å². The highest BCUT2D eigenvalue weighted by molar-refractivity contribution is 8.76. The fourth-order valence-electron chi connectivity index (χ4n) is 8.66. The summed E-state index contributed by atoms with van der Waals surface area (Å²) in [5.74, 6) is -3.39. The van der Waals surface area contributed by atoms with Crippen molar-refractivity contribution in [3.8, 4) is 17.2 Å². The second-order valence-electron chi connectivity index (χ2n) is 15.0. The number of benzene rings is 2. The Bertz CT molecular complexity index is 1950. The summed E-state index contributed by atoms with van der Waals surface area (Å²) in [6.07, 6.45) is -4.10. The minimum Gasteiger partial charge on any atom is -0.507 e. The van der Waals surface area contributed by atoms with E-state index < -0.39 is 108 Å². The van der Waals surface area contributed by atoms with Gasteiger partial charge in [-0.3, -0.25) is 24.1 Å². The van der Waals surface area contributed by atoms with Gasteiger partial charge in [0.05, 0.1) is 69.0 Å². The largest absolute Gasteiger partial charge is 0.507 e. The molecule has 3 aliphatic heterocycles. The SMILES string of the molecule is COc1cccc2c1C(=O)c1c(O)c3c(c(O)c1C2=O)C[C@@](O)(C(=O)CNC(=O)[C@H](C)OCCOCCSSC)C[C@@H]3O[C@H]1C[C@H]2[C@H](O[C@@H]3[C@@H](OC)OCCN32)[C@H](C)O1. The van der Waals surface area contributed by atoms with E-state index in [4.69, 9.17) is 37.9 Å². The quantitative estimate of drug-likeness (QED) is 0.0923. The predicted octanol–water partition coefficient (Wildman–Crippen LogP) is 2.27. The third-order valence-corrected chi connectivity index (χ3v) is 13.3. The molecule has 17 nitrogen and oxygen atoms in total. The van der Waals surface area contributed by atoms with E-state index in [1.54, 1.807) is 21.6 Å². The number of aromatic hydroxyl groups is 2. The van der Waals surface area contributed by atoms with Gasteiger partial charge in [-0.25, -0.2) is 0 Å². The first kappa shape index (κ1) is 43.7. The molecule has 0 spiro atoms. The topological polar surface area (TPSA) is 218 Å². The molecule has 0 unspecified atom stereocenters. The molecule has 0 bridgehead atoms. The van der Waals surface area contributed by atoms with E-state index >= 15 is 0 Å². The monoisotopic (exact) mass is 862 g/mol. The second-order valence-corrected chi connectivity index (χ2v) is 17.6. The summed E-state index contributed by atoms with van der Waals surface area (Å²) in [7, 11) is 6.18. The first-order valence-electron chi connectivity index (χ1n) is 19.4. The number of nitrogens with zero attached hydrogens (tertiary/aromatic N) is 1. The van der Waals surface area contributed by atoms with E-state index in [0.717, 1.165) is 5.75 Å². The number of hydrogen-bond donors (Lipinski definition) is 4. The number of fused-ring (bicyclic) bond motifs is 6. The molecule has 0 aromatic heterocycles. The standard InChI is InChI=1S/C40H50N2O15S2/c1-19-36-23(42-9-10-54-39(51-4)38(42)57-36)15-27(55-19)56-25-17-40(49,26(43)18-41-37(48)20(2)53-12-11-52-13-14-59-58-5)16-22-29(25)35(47)31-30(33(22)45)32(44)21-7-6-8-24(50-3)28(21)34(31)46/h6-8,19-20,23,25,27,36,38-39,45,47,49H,9-18H2,1-5H3,(H,41,48)/t19-,20-,23-,25-,27-,36+,38+,39-,40-/m0/s1. The summed E-state index contributed by atoms with van der Waals surface area (Å²) in [5, 5.41) is 38.7. The number of carbonyl (C=O) groups is 4.